The fourth-order valence-corrected chi connectivity index (χ4v) is 5.25. The second-order valence-corrected chi connectivity index (χ2v) is 10.3. The van der Waals surface area contributed by atoms with E-state index in [-0.39, 0.29) is 17.4 Å². The minimum atomic E-state index is -0.507. The van der Waals surface area contributed by atoms with Crippen LogP contribution in [0.25, 0.3) is 0 Å². The highest BCUT2D eigenvalue weighted by molar-refractivity contribution is 6.31. The van der Waals surface area contributed by atoms with Gasteiger partial charge in [-0.3, -0.25) is 14.4 Å². The van der Waals surface area contributed by atoms with E-state index < -0.39 is 11.7 Å². The van der Waals surface area contributed by atoms with Crippen molar-refractivity contribution in [3.8, 4) is 0 Å². The third-order valence-electron chi connectivity index (χ3n) is 7.18. The molecule has 0 unspecified atom stereocenters. The van der Waals surface area contributed by atoms with Crippen LogP contribution in [0.4, 0.5) is 15.8 Å². The minimum Gasteiger partial charge on any atom is -0.366 e. The molecule has 2 aliphatic rings. The van der Waals surface area contributed by atoms with Gasteiger partial charge in [0, 0.05) is 67.5 Å². The number of nitrogens with zero attached hydrogens (tertiary/aromatic N) is 3. The molecule has 5 rings (SSSR count). The molecule has 0 radical (unpaired) electrons. The van der Waals surface area contributed by atoms with E-state index in [0.29, 0.717) is 61.1 Å². The van der Waals surface area contributed by atoms with Crippen LogP contribution in [0.3, 0.4) is 0 Å². The first kappa shape index (κ1) is 27.6. The predicted octanol–water partition coefficient (Wildman–Crippen LogP) is 4.13. The van der Waals surface area contributed by atoms with Crippen LogP contribution in [-0.4, -0.2) is 79.9 Å². The Morgan fingerprint density at radius 3 is 2.20 bits per heavy atom. The number of rotatable bonds is 5. The lowest BCUT2D eigenvalue weighted by molar-refractivity contribution is 0.0743. The Hall–Kier alpha value is -3.95. The molecule has 10 heteroatoms. The van der Waals surface area contributed by atoms with Crippen molar-refractivity contribution in [2.45, 2.75) is 6.42 Å². The molecular weight excluding hydrogens is 533 g/mol. The number of piperazine rings is 1. The smallest absolute Gasteiger partial charge is 0.255 e. The van der Waals surface area contributed by atoms with E-state index in [4.69, 9.17) is 11.6 Å². The van der Waals surface area contributed by atoms with Crippen molar-refractivity contribution in [3.63, 3.8) is 0 Å². The Labute approximate surface area is 237 Å². The highest BCUT2D eigenvalue weighted by atomic mass is 35.5. The lowest BCUT2D eigenvalue weighted by Crippen LogP contribution is -2.49. The first-order valence-corrected chi connectivity index (χ1v) is 13.8. The Kier molecular flexibility index (Phi) is 8.62. The van der Waals surface area contributed by atoms with Gasteiger partial charge in [-0.1, -0.05) is 23.7 Å². The number of carbonyl (C=O) groups excluding carboxylic acids is 3. The van der Waals surface area contributed by atoms with E-state index in [1.807, 2.05) is 11.0 Å². The van der Waals surface area contributed by atoms with Gasteiger partial charge in [-0.2, -0.15) is 0 Å². The molecule has 3 aromatic rings. The Balaban J connectivity index is 1.37. The SMILES string of the molecule is O=C(Nc1cc(C(=O)N2CCCNCC2)ccc1N1CCN(C(=O)c2cccc(Cl)c2)CC1)c1cccc(F)c1. The maximum absolute atomic E-state index is 13.8. The summed E-state index contributed by atoms with van der Waals surface area (Å²) in [6.07, 6.45) is 0.866. The lowest BCUT2D eigenvalue weighted by atomic mass is 10.1. The van der Waals surface area contributed by atoms with Gasteiger partial charge in [0.2, 0.25) is 0 Å². The lowest BCUT2D eigenvalue weighted by Gasteiger charge is -2.37. The molecule has 2 saturated heterocycles. The van der Waals surface area contributed by atoms with E-state index >= 15 is 0 Å². The van der Waals surface area contributed by atoms with Crippen molar-refractivity contribution in [1.29, 1.82) is 0 Å². The first-order valence-electron chi connectivity index (χ1n) is 13.4. The topological polar surface area (TPSA) is 85.0 Å². The summed E-state index contributed by atoms with van der Waals surface area (Å²) in [6, 6.07) is 17.7. The maximum Gasteiger partial charge on any atom is 0.255 e. The van der Waals surface area contributed by atoms with Gasteiger partial charge in [-0.05, 0) is 67.6 Å². The van der Waals surface area contributed by atoms with E-state index in [0.717, 1.165) is 25.2 Å². The molecule has 2 aliphatic heterocycles. The van der Waals surface area contributed by atoms with E-state index in [1.54, 1.807) is 41.3 Å². The number of benzene rings is 3. The van der Waals surface area contributed by atoms with Gasteiger partial charge < -0.3 is 25.3 Å². The number of nitrogens with one attached hydrogen (secondary N) is 2. The van der Waals surface area contributed by atoms with Gasteiger partial charge in [-0.15, -0.1) is 0 Å². The number of carbonyl (C=O) groups is 3. The van der Waals surface area contributed by atoms with Crippen LogP contribution in [0.2, 0.25) is 5.02 Å². The van der Waals surface area contributed by atoms with Crippen molar-refractivity contribution in [2.24, 2.45) is 0 Å². The van der Waals surface area contributed by atoms with Gasteiger partial charge in [-0.25, -0.2) is 4.39 Å². The summed E-state index contributed by atoms with van der Waals surface area (Å²) >= 11 is 6.07. The second-order valence-electron chi connectivity index (χ2n) is 9.88. The highest BCUT2D eigenvalue weighted by Crippen LogP contribution is 2.30. The summed E-state index contributed by atoms with van der Waals surface area (Å²) in [7, 11) is 0. The zero-order valence-electron chi connectivity index (χ0n) is 22.0. The second kappa shape index (κ2) is 12.5. The Bertz CT molecular complexity index is 1400. The minimum absolute atomic E-state index is 0.0883. The zero-order valence-corrected chi connectivity index (χ0v) is 22.8. The van der Waals surface area contributed by atoms with E-state index in [1.165, 1.54) is 24.3 Å². The van der Waals surface area contributed by atoms with Gasteiger partial charge in [0.25, 0.3) is 17.7 Å². The van der Waals surface area contributed by atoms with Crippen molar-refractivity contribution in [2.75, 3.05) is 62.6 Å². The summed E-state index contributed by atoms with van der Waals surface area (Å²) in [5, 5.41) is 6.71. The van der Waals surface area contributed by atoms with Crippen molar-refractivity contribution >= 4 is 40.7 Å². The molecule has 3 amide bonds. The summed E-state index contributed by atoms with van der Waals surface area (Å²) in [5.74, 6) is -1.17. The van der Waals surface area contributed by atoms with Gasteiger partial charge in [0.05, 0.1) is 11.4 Å². The normalized spacial score (nSPS) is 15.9. The summed E-state index contributed by atoms with van der Waals surface area (Å²) < 4.78 is 13.8. The van der Waals surface area contributed by atoms with Gasteiger partial charge in [0.1, 0.15) is 5.82 Å². The van der Waals surface area contributed by atoms with Crippen LogP contribution < -0.4 is 15.5 Å². The summed E-state index contributed by atoms with van der Waals surface area (Å²) in [5.41, 5.74) is 2.38. The molecule has 2 heterocycles. The maximum atomic E-state index is 13.8. The summed E-state index contributed by atoms with van der Waals surface area (Å²) in [4.78, 5) is 45.1. The third kappa shape index (κ3) is 6.43. The molecule has 8 nitrogen and oxygen atoms in total. The van der Waals surface area contributed by atoms with E-state index in [9.17, 15) is 18.8 Å². The zero-order chi connectivity index (χ0) is 28.1. The molecule has 40 heavy (non-hydrogen) atoms. The molecule has 2 fully saturated rings. The first-order chi connectivity index (χ1) is 19.4. The summed E-state index contributed by atoms with van der Waals surface area (Å²) in [6.45, 7) is 4.86. The molecule has 208 valence electrons. The van der Waals surface area contributed by atoms with Crippen LogP contribution in [-0.2, 0) is 0 Å². The van der Waals surface area contributed by atoms with Crippen LogP contribution in [0.1, 0.15) is 37.5 Å². The van der Waals surface area contributed by atoms with Crippen molar-refractivity contribution < 1.29 is 18.8 Å². The van der Waals surface area contributed by atoms with E-state index in [2.05, 4.69) is 15.5 Å². The average Bonchev–Trinajstić information content (AvgIpc) is 3.26. The quantitative estimate of drug-likeness (QED) is 0.488. The molecule has 0 aromatic heterocycles. The van der Waals surface area contributed by atoms with Gasteiger partial charge >= 0.3 is 0 Å². The Morgan fingerprint density at radius 2 is 1.45 bits per heavy atom. The Morgan fingerprint density at radius 1 is 0.750 bits per heavy atom. The fraction of sp³-hybridized carbons (Fsp3) is 0.300. The molecule has 0 saturated carbocycles. The molecule has 2 N–H and O–H groups in total. The van der Waals surface area contributed by atoms with Crippen LogP contribution in [0, 0.1) is 5.82 Å². The number of amides is 3. The molecule has 0 aliphatic carbocycles. The van der Waals surface area contributed by atoms with Crippen LogP contribution in [0.15, 0.2) is 66.7 Å². The standard InChI is InChI=1S/C30H31ClFN5O3/c31-24-6-1-5-22(18-24)29(39)37-16-14-35(15-17-37)27-9-8-23(30(40)36-12-3-10-33-11-13-36)20-26(27)34-28(38)21-4-2-7-25(32)19-21/h1-2,4-9,18-20,33H,3,10-17H2,(H,34,38). The monoisotopic (exact) mass is 563 g/mol. The number of hydrogen-bond donors (Lipinski definition) is 2. The van der Waals surface area contributed by atoms with Crippen molar-refractivity contribution in [1.82, 2.24) is 15.1 Å². The molecule has 3 aromatic carbocycles. The average molecular weight is 564 g/mol. The molecular formula is C30H31ClFN5O3. The molecule has 0 atom stereocenters. The van der Waals surface area contributed by atoms with Crippen molar-refractivity contribution in [3.05, 3.63) is 94.3 Å². The molecule has 0 spiro atoms. The van der Waals surface area contributed by atoms with Crippen LogP contribution >= 0.6 is 11.6 Å². The van der Waals surface area contributed by atoms with Gasteiger partial charge in [0.15, 0.2) is 0 Å². The number of hydrogen-bond acceptors (Lipinski definition) is 5. The highest BCUT2D eigenvalue weighted by Gasteiger charge is 2.26. The molecule has 0 bridgehead atoms. The number of anilines is 2. The third-order valence-corrected chi connectivity index (χ3v) is 7.42. The predicted molar refractivity (Wildman–Crippen MR) is 154 cm³/mol. The fourth-order valence-electron chi connectivity index (χ4n) is 5.06. The van der Waals surface area contributed by atoms with Crippen LogP contribution in [0.5, 0.6) is 0 Å². The largest absolute Gasteiger partial charge is 0.366 e. The number of halogens is 2.